The van der Waals surface area contributed by atoms with Crippen molar-refractivity contribution in [3.63, 3.8) is 0 Å². The number of carbonyl (C=O) groups is 4. The number of aliphatic hydroxyl groups is 3. The van der Waals surface area contributed by atoms with Crippen LogP contribution in [0.3, 0.4) is 0 Å². The first kappa shape index (κ1) is 33.9. The molecule has 0 unspecified atom stereocenters. The number of ketones is 1. The monoisotopic (exact) mass is 590 g/mol. The quantitative estimate of drug-likeness (QED) is 0.155. The molecule has 0 saturated heterocycles. The van der Waals surface area contributed by atoms with Gasteiger partial charge in [0.05, 0.1) is 12.2 Å². The van der Waals surface area contributed by atoms with Crippen LogP contribution in [0, 0.1) is 29.1 Å². The Labute approximate surface area is 249 Å². The van der Waals surface area contributed by atoms with Crippen molar-refractivity contribution >= 4 is 23.6 Å². The molecule has 0 aliphatic heterocycles. The molecule has 4 rings (SSSR count). The Morgan fingerprint density at radius 2 is 1.52 bits per heavy atom. The van der Waals surface area contributed by atoms with Gasteiger partial charge in [0.15, 0.2) is 5.78 Å². The molecule has 0 heterocycles. The van der Waals surface area contributed by atoms with E-state index in [0.29, 0.717) is 17.6 Å². The summed E-state index contributed by atoms with van der Waals surface area (Å²) in [5.74, 6) is -2.36. The molecule has 10 heteroatoms. The van der Waals surface area contributed by atoms with Crippen LogP contribution in [0.25, 0.3) is 0 Å². The van der Waals surface area contributed by atoms with Gasteiger partial charge < -0.3 is 30.7 Å². The van der Waals surface area contributed by atoms with Crippen LogP contribution in [0.1, 0.15) is 87.0 Å². The number of carbonyl (C=O) groups excluding carboxylic acids is 4. The number of Topliss-reactive ketones (excluding diaryl/α,β-unsaturated/α-hetero) is 1. The van der Waals surface area contributed by atoms with E-state index in [9.17, 15) is 34.5 Å². The highest BCUT2D eigenvalue weighted by Gasteiger charge is 2.83. The van der Waals surface area contributed by atoms with Gasteiger partial charge in [0.25, 0.3) is 0 Å². The van der Waals surface area contributed by atoms with Crippen molar-refractivity contribution in [3.8, 4) is 0 Å². The average Bonchev–Trinajstić information content (AvgIpc) is 3.28. The normalized spacial score (nSPS) is 35.5. The first-order valence-corrected chi connectivity index (χ1v) is 15.2. The number of hydrogen-bond acceptors (Lipinski definition) is 8. The topological polar surface area (TPSA) is 162 Å². The highest BCUT2D eigenvalue weighted by atomic mass is 16.6. The first-order valence-electron chi connectivity index (χ1n) is 15.2. The zero-order valence-electron chi connectivity index (χ0n) is 26.2. The minimum Gasteiger partial charge on any atom is -0.458 e. The van der Waals surface area contributed by atoms with Crippen LogP contribution < -0.4 is 10.6 Å². The van der Waals surface area contributed by atoms with E-state index < -0.39 is 28.6 Å². The van der Waals surface area contributed by atoms with Crippen molar-refractivity contribution in [1.29, 1.82) is 0 Å². The standard InChI is InChI=1S/C22H30O6.C10H20N2O2/c1-11-6-16-20(26,18(11)25)9-14(10-23)7-15-17-19(4,5)21(17,28-13(3)24)8-12(2)22(15,16)27;1-9(13)11-7-5-3-4-6-8-12-10(2)14/h6-7,12,15-17,23,26-27H,8-10H2,1-5H3;3-8H2,1-2H3,(H,11,13)(H,12,14)/t12-,15+,16-,17-,20-,21+,22-;/m1./s1. The molecule has 5 N–H and O–H groups in total. The van der Waals surface area contributed by atoms with E-state index in [1.807, 2.05) is 26.8 Å². The van der Waals surface area contributed by atoms with Crippen LogP contribution in [0.4, 0.5) is 0 Å². The van der Waals surface area contributed by atoms with Gasteiger partial charge in [-0.1, -0.05) is 45.8 Å². The molecule has 0 bridgehead atoms. The number of nitrogens with one attached hydrogen (secondary N) is 2. The summed E-state index contributed by atoms with van der Waals surface area (Å²) in [4.78, 5) is 45.7. The third-order valence-electron chi connectivity index (χ3n) is 10.1. The maximum Gasteiger partial charge on any atom is 0.303 e. The Morgan fingerprint density at radius 3 is 2.00 bits per heavy atom. The molecule has 236 valence electrons. The molecule has 7 atom stereocenters. The Balaban J connectivity index is 0.000000295. The molecule has 0 aromatic carbocycles. The molecular formula is C32H50N2O8. The summed E-state index contributed by atoms with van der Waals surface area (Å²) in [6, 6.07) is 0. The number of aliphatic hydroxyl groups excluding tert-OH is 1. The van der Waals surface area contributed by atoms with Crippen molar-refractivity contribution < 1.29 is 39.2 Å². The van der Waals surface area contributed by atoms with Crippen LogP contribution in [-0.2, 0) is 23.9 Å². The zero-order chi connectivity index (χ0) is 31.7. The van der Waals surface area contributed by atoms with Crippen molar-refractivity contribution in [2.45, 2.75) is 104 Å². The molecule has 4 aliphatic carbocycles. The smallest absolute Gasteiger partial charge is 0.303 e. The second-order valence-corrected chi connectivity index (χ2v) is 13.3. The second kappa shape index (κ2) is 12.6. The molecule has 2 fully saturated rings. The van der Waals surface area contributed by atoms with Gasteiger partial charge in [-0.2, -0.15) is 0 Å². The van der Waals surface area contributed by atoms with E-state index in [1.54, 1.807) is 13.0 Å². The molecule has 2 amide bonds. The molecule has 42 heavy (non-hydrogen) atoms. The van der Waals surface area contributed by atoms with Crippen molar-refractivity contribution in [2.75, 3.05) is 19.7 Å². The van der Waals surface area contributed by atoms with Crippen LogP contribution in [0.2, 0.25) is 0 Å². The van der Waals surface area contributed by atoms with Crippen molar-refractivity contribution in [2.24, 2.45) is 29.1 Å². The largest absolute Gasteiger partial charge is 0.458 e. The highest BCUT2D eigenvalue weighted by molar-refractivity contribution is 6.04. The summed E-state index contributed by atoms with van der Waals surface area (Å²) < 4.78 is 5.83. The van der Waals surface area contributed by atoms with Gasteiger partial charge >= 0.3 is 5.97 Å². The van der Waals surface area contributed by atoms with Gasteiger partial charge in [0, 0.05) is 63.5 Å². The molecule has 4 aliphatic rings. The third kappa shape index (κ3) is 6.08. The van der Waals surface area contributed by atoms with E-state index in [4.69, 9.17) is 4.74 Å². The third-order valence-corrected chi connectivity index (χ3v) is 10.1. The van der Waals surface area contributed by atoms with Gasteiger partial charge in [-0.3, -0.25) is 19.2 Å². The molecule has 0 radical (unpaired) electrons. The lowest BCUT2D eigenvalue weighted by Gasteiger charge is -2.50. The molecule has 0 aromatic rings. The summed E-state index contributed by atoms with van der Waals surface area (Å²) in [6.07, 6.45) is 8.22. The van der Waals surface area contributed by atoms with E-state index >= 15 is 0 Å². The van der Waals surface area contributed by atoms with Gasteiger partial charge in [-0.15, -0.1) is 0 Å². The Kier molecular flexibility index (Phi) is 10.2. The first-order chi connectivity index (χ1) is 19.5. The number of ether oxygens (including phenoxy) is 1. The predicted octanol–water partition coefficient (Wildman–Crippen LogP) is 2.35. The molecule has 2 saturated carbocycles. The lowest BCUT2D eigenvalue weighted by atomic mass is 9.60. The number of fused-ring (bicyclic) bond motifs is 5. The Bertz CT molecular complexity index is 1130. The lowest BCUT2D eigenvalue weighted by molar-refractivity contribution is -0.186. The summed E-state index contributed by atoms with van der Waals surface area (Å²) in [6.45, 7) is 13.3. The van der Waals surface area contributed by atoms with Gasteiger partial charge in [-0.25, -0.2) is 0 Å². The number of hydrogen-bond donors (Lipinski definition) is 5. The van der Waals surface area contributed by atoms with Crippen LogP contribution >= 0.6 is 0 Å². The molecule has 0 spiro atoms. The van der Waals surface area contributed by atoms with Crippen molar-refractivity contribution in [1.82, 2.24) is 10.6 Å². The zero-order valence-corrected chi connectivity index (χ0v) is 26.2. The fourth-order valence-corrected chi connectivity index (χ4v) is 7.99. The minimum absolute atomic E-state index is 0.0000834. The van der Waals surface area contributed by atoms with E-state index in [2.05, 4.69) is 10.6 Å². The lowest BCUT2D eigenvalue weighted by Crippen LogP contribution is -2.61. The van der Waals surface area contributed by atoms with Crippen LogP contribution in [-0.4, -0.2) is 75.4 Å². The van der Waals surface area contributed by atoms with Gasteiger partial charge in [-0.05, 0) is 43.3 Å². The Morgan fingerprint density at radius 1 is 0.976 bits per heavy atom. The number of esters is 1. The predicted molar refractivity (Wildman–Crippen MR) is 157 cm³/mol. The highest BCUT2D eigenvalue weighted by Crippen LogP contribution is 2.76. The summed E-state index contributed by atoms with van der Waals surface area (Å²) in [7, 11) is 0. The van der Waals surface area contributed by atoms with Crippen molar-refractivity contribution in [3.05, 3.63) is 23.3 Å². The number of amides is 2. The number of rotatable bonds is 9. The number of unbranched alkanes of at least 4 members (excludes halogenated alkanes) is 3. The molecule has 0 aromatic heterocycles. The fourth-order valence-electron chi connectivity index (χ4n) is 7.99. The summed E-state index contributed by atoms with van der Waals surface area (Å²) >= 11 is 0. The summed E-state index contributed by atoms with van der Waals surface area (Å²) in [5, 5.41) is 38.9. The van der Waals surface area contributed by atoms with Crippen LogP contribution in [0.5, 0.6) is 0 Å². The minimum atomic E-state index is -1.75. The average molecular weight is 591 g/mol. The van der Waals surface area contributed by atoms with Crippen LogP contribution in [0.15, 0.2) is 23.3 Å². The van der Waals surface area contributed by atoms with E-state index in [-0.39, 0.29) is 53.8 Å². The van der Waals surface area contributed by atoms with E-state index in [0.717, 1.165) is 38.8 Å². The molecular weight excluding hydrogens is 540 g/mol. The fraction of sp³-hybridized carbons (Fsp3) is 0.750. The SMILES string of the molecule is CC(=O)NCCCCCCNC(C)=O.CC(=O)O[C@@]12C[C@@H](C)[C@@]3(O)[C@@H](C=C(CO)C[C@]4(O)C(=O)C(C)=C[C@@H]34)[C@@H]1C2(C)C. The maximum absolute atomic E-state index is 12.8. The maximum atomic E-state index is 12.8. The Hall–Kier alpha value is -2.56. The van der Waals surface area contributed by atoms with Gasteiger partial charge in [0.1, 0.15) is 11.2 Å². The summed E-state index contributed by atoms with van der Waals surface area (Å²) in [5.41, 5.74) is -3.19. The van der Waals surface area contributed by atoms with E-state index in [1.165, 1.54) is 20.8 Å². The second-order valence-electron chi connectivity index (χ2n) is 13.3. The van der Waals surface area contributed by atoms with Gasteiger partial charge in [0.2, 0.25) is 11.8 Å². The molecule has 10 nitrogen and oxygen atoms in total.